The number of nitrogens with one attached hydrogen (secondary N) is 1. The molecule has 9 heteroatoms. The maximum absolute atomic E-state index is 12.3. The summed E-state index contributed by atoms with van der Waals surface area (Å²) in [5.74, 6) is -0.291. The van der Waals surface area contributed by atoms with Gasteiger partial charge in [0.25, 0.3) is 10.0 Å². The van der Waals surface area contributed by atoms with Crippen LogP contribution in [0.2, 0.25) is 10.0 Å². The van der Waals surface area contributed by atoms with Gasteiger partial charge >= 0.3 is 6.61 Å². The number of hydrogen-bond donors (Lipinski definition) is 1. The van der Waals surface area contributed by atoms with E-state index in [2.05, 4.69) is 9.46 Å². The average Bonchev–Trinajstić information content (AvgIpc) is 2.43. The number of para-hydroxylation sites is 2. The molecule has 0 fully saturated rings. The van der Waals surface area contributed by atoms with Crippen molar-refractivity contribution in [3.8, 4) is 5.75 Å². The SMILES string of the molecule is O=S(=O)(Nc1ccccc1OC(F)F)c1ccc(Cl)c(Cl)c1. The van der Waals surface area contributed by atoms with Crippen LogP contribution in [0.3, 0.4) is 0 Å². The Morgan fingerprint density at radius 2 is 1.73 bits per heavy atom. The molecule has 0 heterocycles. The topological polar surface area (TPSA) is 55.4 Å². The minimum atomic E-state index is -4.03. The number of ether oxygens (including phenoxy) is 1. The maximum atomic E-state index is 12.3. The predicted octanol–water partition coefficient (Wildman–Crippen LogP) is 4.40. The molecule has 0 amide bonds. The van der Waals surface area contributed by atoms with E-state index in [1.807, 2.05) is 0 Å². The molecule has 1 N–H and O–H groups in total. The lowest BCUT2D eigenvalue weighted by Gasteiger charge is -2.13. The zero-order valence-corrected chi connectivity index (χ0v) is 13.1. The molecule has 0 spiro atoms. The van der Waals surface area contributed by atoms with Crippen molar-refractivity contribution in [1.82, 2.24) is 0 Å². The Morgan fingerprint density at radius 1 is 1.05 bits per heavy atom. The molecule has 2 aromatic carbocycles. The van der Waals surface area contributed by atoms with E-state index in [0.29, 0.717) is 0 Å². The highest BCUT2D eigenvalue weighted by Gasteiger charge is 2.18. The molecule has 0 aliphatic heterocycles. The van der Waals surface area contributed by atoms with E-state index in [4.69, 9.17) is 23.2 Å². The van der Waals surface area contributed by atoms with Gasteiger partial charge in [-0.2, -0.15) is 8.78 Å². The monoisotopic (exact) mass is 367 g/mol. The molecule has 0 saturated carbocycles. The lowest BCUT2D eigenvalue weighted by atomic mass is 10.3. The van der Waals surface area contributed by atoms with Gasteiger partial charge in [0.15, 0.2) is 0 Å². The first-order valence-corrected chi connectivity index (χ1v) is 8.05. The fourth-order valence-electron chi connectivity index (χ4n) is 1.60. The highest BCUT2D eigenvalue weighted by molar-refractivity contribution is 7.92. The summed E-state index contributed by atoms with van der Waals surface area (Å²) in [6, 6.07) is 9.15. The van der Waals surface area contributed by atoms with Crippen molar-refractivity contribution in [2.75, 3.05) is 4.72 Å². The quantitative estimate of drug-likeness (QED) is 0.852. The minimum Gasteiger partial charge on any atom is -0.433 e. The van der Waals surface area contributed by atoms with Gasteiger partial charge in [0, 0.05) is 0 Å². The number of anilines is 1. The minimum absolute atomic E-state index is 0.0571. The molecule has 0 saturated heterocycles. The molecular formula is C13H9Cl2F2NO3S. The van der Waals surface area contributed by atoms with E-state index in [1.165, 1.54) is 36.4 Å². The van der Waals surface area contributed by atoms with Crippen molar-refractivity contribution >= 4 is 38.9 Å². The first-order valence-electron chi connectivity index (χ1n) is 5.81. The van der Waals surface area contributed by atoms with Gasteiger partial charge in [-0.15, -0.1) is 0 Å². The van der Waals surface area contributed by atoms with E-state index in [9.17, 15) is 17.2 Å². The highest BCUT2D eigenvalue weighted by Crippen LogP contribution is 2.30. The van der Waals surface area contributed by atoms with Gasteiger partial charge in [-0.1, -0.05) is 35.3 Å². The van der Waals surface area contributed by atoms with Crippen LogP contribution in [0, 0.1) is 0 Å². The van der Waals surface area contributed by atoms with Crippen molar-refractivity contribution in [3.05, 3.63) is 52.5 Å². The molecular weight excluding hydrogens is 359 g/mol. The molecule has 2 rings (SSSR count). The van der Waals surface area contributed by atoms with Crippen molar-refractivity contribution in [1.29, 1.82) is 0 Å². The van der Waals surface area contributed by atoms with E-state index in [-0.39, 0.29) is 26.4 Å². The van der Waals surface area contributed by atoms with Crippen LogP contribution in [0.4, 0.5) is 14.5 Å². The molecule has 118 valence electrons. The molecule has 2 aromatic rings. The molecule has 0 atom stereocenters. The number of benzene rings is 2. The first-order chi connectivity index (χ1) is 10.3. The predicted molar refractivity (Wildman–Crippen MR) is 80.3 cm³/mol. The van der Waals surface area contributed by atoms with Crippen molar-refractivity contribution in [2.24, 2.45) is 0 Å². The standard InChI is InChI=1S/C13H9Cl2F2NO3S/c14-9-6-5-8(7-10(9)15)22(19,20)18-11-3-1-2-4-12(11)21-13(16)17/h1-7,13,18H. The van der Waals surface area contributed by atoms with Crippen LogP contribution in [0.1, 0.15) is 0 Å². The van der Waals surface area contributed by atoms with Crippen LogP contribution in [0.25, 0.3) is 0 Å². The molecule has 22 heavy (non-hydrogen) atoms. The van der Waals surface area contributed by atoms with Crippen molar-refractivity contribution in [2.45, 2.75) is 11.5 Å². The Hall–Kier alpha value is -1.57. The molecule has 0 aliphatic rings. The van der Waals surface area contributed by atoms with Crippen molar-refractivity contribution in [3.63, 3.8) is 0 Å². The second kappa shape index (κ2) is 6.68. The second-order valence-electron chi connectivity index (χ2n) is 4.06. The maximum Gasteiger partial charge on any atom is 0.387 e. The summed E-state index contributed by atoms with van der Waals surface area (Å²) in [5.41, 5.74) is -0.117. The van der Waals surface area contributed by atoms with Crippen LogP contribution >= 0.6 is 23.2 Å². The second-order valence-corrected chi connectivity index (χ2v) is 6.55. The zero-order chi connectivity index (χ0) is 16.3. The van der Waals surface area contributed by atoms with Crippen LogP contribution in [-0.4, -0.2) is 15.0 Å². The Morgan fingerprint density at radius 3 is 2.36 bits per heavy atom. The number of sulfonamides is 1. The van der Waals surface area contributed by atoms with E-state index in [1.54, 1.807) is 0 Å². The van der Waals surface area contributed by atoms with Crippen LogP contribution < -0.4 is 9.46 Å². The van der Waals surface area contributed by atoms with Gasteiger partial charge in [0.2, 0.25) is 0 Å². The van der Waals surface area contributed by atoms with Crippen LogP contribution in [0.15, 0.2) is 47.4 Å². The molecule has 0 aliphatic carbocycles. The normalized spacial score (nSPS) is 11.5. The van der Waals surface area contributed by atoms with E-state index >= 15 is 0 Å². The fraction of sp³-hybridized carbons (Fsp3) is 0.0769. The van der Waals surface area contributed by atoms with Crippen LogP contribution in [-0.2, 0) is 10.0 Å². The van der Waals surface area contributed by atoms with E-state index in [0.717, 1.165) is 6.07 Å². The molecule has 0 aromatic heterocycles. The van der Waals surface area contributed by atoms with Gasteiger partial charge in [0.05, 0.1) is 20.6 Å². The smallest absolute Gasteiger partial charge is 0.387 e. The molecule has 4 nitrogen and oxygen atoms in total. The lowest BCUT2D eigenvalue weighted by molar-refractivity contribution is -0.0493. The van der Waals surface area contributed by atoms with Gasteiger partial charge in [-0.25, -0.2) is 8.42 Å². The summed E-state index contributed by atoms with van der Waals surface area (Å²) in [5, 5.41) is 0.253. The number of rotatable bonds is 5. The average molecular weight is 368 g/mol. The summed E-state index contributed by atoms with van der Waals surface area (Å²) < 4.78 is 55.6. The highest BCUT2D eigenvalue weighted by atomic mass is 35.5. The zero-order valence-electron chi connectivity index (χ0n) is 10.8. The summed E-state index contributed by atoms with van der Waals surface area (Å²) in [6.45, 7) is -3.07. The van der Waals surface area contributed by atoms with Gasteiger partial charge in [0.1, 0.15) is 5.75 Å². The Balaban J connectivity index is 2.35. The van der Waals surface area contributed by atoms with Gasteiger partial charge < -0.3 is 4.74 Å². The molecule has 0 radical (unpaired) electrons. The van der Waals surface area contributed by atoms with Gasteiger partial charge in [-0.05, 0) is 30.3 Å². The summed E-state index contributed by atoms with van der Waals surface area (Å²) >= 11 is 11.5. The summed E-state index contributed by atoms with van der Waals surface area (Å²) in [7, 11) is -4.03. The lowest BCUT2D eigenvalue weighted by Crippen LogP contribution is -2.14. The number of alkyl halides is 2. The fourth-order valence-corrected chi connectivity index (χ4v) is 3.06. The van der Waals surface area contributed by atoms with Gasteiger partial charge in [-0.3, -0.25) is 4.72 Å². The third kappa shape index (κ3) is 4.00. The Kier molecular flexibility index (Phi) is 5.10. The first kappa shape index (κ1) is 16.8. The largest absolute Gasteiger partial charge is 0.433 e. The summed E-state index contributed by atoms with van der Waals surface area (Å²) in [4.78, 5) is -0.159. The van der Waals surface area contributed by atoms with E-state index < -0.39 is 16.6 Å². The third-order valence-corrected chi connectivity index (χ3v) is 4.65. The number of hydrogen-bond acceptors (Lipinski definition) is 3. The Labute approximate surface area is 135 Å². The summed E-state index contributed by atoms with van der Waals surface area (Å²) in [6.07, 6.45) is 0. The molecule has 0 bridgehead atoms. The Bertz CT molecular complexity index is 785. The molecule has 0 unspecified atom stereocenters. The van der Waals surface area contributed by atoms with Crippen LogP contribution in [0.5, 0.6) is 5.75 Å². The van der Waals surface area contributed by atoms with Crippen molar-refractivity contribution < 1.29 is 21.9 Å². The third-order valence-electron chi connectivity index (χ3n) is 2.55. The number of halogens is 4.